The lowest BCUT2D eigenvalue weighted by Crippen LogP contribution is -2.43. The third kappa shape index (κ3) is 3.45. The fourth-order valence-corrected chi connectivity index (χ4v) is 3.19. The Morgan fingerprint density at radius 1 is 0.792 bits per heavy atom. The van der Waals surface area contributed by atoms with Gasteiger partial charge in [0.1, 0.15) is 5.69 Å². The van der Waals surface area contributed by atoms with Crippen molar-refractivity contribution in [2.45, 2.75) is 60.3 Å². The molecular weight excluding hydrogens is 298 g/mol. The maximum absolute atomic E-state index is 12.3. The summed E-state index contributed by atoms with van der Waals surface area (Å²) < 4.78 is 0. The van der Waals surface area contributed by atoms with Crippen molar-refractivity contribution >= 4 is 5.69 Å². The van der Waals surface area contributed by atoms with Crippen molar-refractivity contribution in [1.82, 2.24) is 0 Å². The quantitative estimate of drug-likeness (QED) is 0.679. The van der Waals surface area contributed by atoms with Crippen LogP contribution in [0.25, 0.3) is 11.1 Å². The van der Waals surface area contributed by atoms with E-state index in [1.54, 1.807) is 0 Å². The molecule has 0 bridgehead atoms. The zero-order valence-corrected chi connectivity index (χ0v) is 15.7. The van der Waals surface area contributed by atoms with Crippen LogP contribution in [-0.2, 0) is 0 Å². The molecule has 2 rings (SSSR count). The van der Waals surface area contributed by atoms with Crippen molar-refractivity contribution in [2.75, 3.05) is 18.0 Å². The SMILES string of the molecule is CCCCN(CCCC)c1c(-c2cc(C)c(C)cc2C)c(=O)c1=O. The highest BCUT2D eigenvalue weighted by Gasteiger charge is 2.27. The second-order valence-electron chi connectivity index (χ2n) is 6.83. The van der Waals surface area contributed by atoms with Crippen LogP contribution < -0.4 is 15.8 Å². The third-order valence-electron chi connectivity index (χ3n) is 4.87. The summed E-state index contributed by atoms with van der Waals surface area (Å²) in [5.74, 6) is 0. The van der Waals surface area contributed by atoms with E-state index in [0.717, 1.165) is 55.5 Å². The minimum Gasteiger partial charge on any atom is -0.368 e. The van der Waals surface area contributed by atoms with Gasteiger partial charge in [0, 0.05) is 13.1 Å². The van der Waals surface area contributed by atoms with E-state index >= 15 is 0 Å². The van der Waals surface area contributed by atoms with Crippen molar-refractivity contribution in [3.8, 4) is 11.1 Å². The summed E-state index contributed by atoms with van der Waals surface area (Å²) in [6.07, 6.45) is 4.23. The highest BCUT2D eigenvalue weighted by molar-refractivity contribution is 5.84. The summed E-state index contributed by atoms with van der Waals surface area (Å²) in [5, 5.41) is 0. The Hall–Kier alpha value is -1.90. The molecule has 24 heavy (non-hydrogen) atoms. The lowest BCUT2D eigenvalue weighted by Gasteiger charge is -2.28. The van der Waals surface area contributed by atoms with Crippen molar-refractivity contribution in [3.05, 3.63) is 49.3 Å². The number of nitrogens with zero attached hydrogens (tertiary/aromatic N) is 1. The first-order chi connectivity index (χ1) is 11.4. The minimum atomic E-state index is -0.325. The van der Waals surface area contributed by atoms with Gasteiger partial charge in [0.25, 0.3) is 0 Å². The number of rotatable bonds is 8. The molecule has 2 aromatic rings. The predicted octanol–water partition coefficient (Wildman–Crippen LogP) is 4.28. The van der Waals surface area contributed by atoms with Crippen LogP contribution in [0.3, 0.4) is 0 Å². The lowest BCUT2D eigenvalue weighted by atomic mass is 9.91. The topological polar surface area (TPSA) is 37.4 Å². The van der Waals surface area contributed by atoms with Gasteiger partial charge in [-0.1, -0.05) is 38.8 Å². The number of hydrogen-bond donors (Lipinski definition) is 0. The smallest absolute Gasteiger partial charge is 0.250 e. The van der Waals surface area contributed by atoms with Crippen LogP contribution in [0.4, 0.5) is 5.69 Å². The molecule has 0 aliphatic rings. The number of anilines is 1. The molecule has 130 valence electrons. The van der Waals surface area contributed by atoms with Crippen LogP contribution >= 0.6 is 0 Å². The van der Waals surface area contributed by atoms with E-state index in [1.165, 1.54) is 5.56 Å². The van der Waals surface area contributed by atoms with Gasteiger partial charge in [-0.25, -0.2) is 0 Å². The number of aryl methyl sites for hydroxylation is 3. The van der Waals surface area contributed by atoms with Gasteiger partial charge in [-0.05, 0) is 55.9 Å². The number of unbranched alkanes of at least 4 members (excludes halogenated alkanes) is 2. The Morgan fingerprint density at radius 2 is 1.33 bits per heavy atom. The molecule has 0 atom stereocenters. The molecule has 0 spiro atoms. The molecular formula is C21H29NO2. The Balaban J connectivity index is 2.50. The van der Waals surface area contributed by atoms with E-state index in [1.807, 2.05) is 6.92 Å². The molecule has 0 N–H and O–H groups in total. The fourth-order valence-electron chi connectivity index (χ4n) is 3.19. The summed E-state index contributed by atoms with van der Waals surface area (Å²) in [6, 6.07) is 4.16. The molecule has 0 aliphatic carbocycles. The average Bonchev–Trinajstić information content (AvgIpc) is 2.56. The maximum Gasteiger partial charge on any atom is 0.250 e. The lowest BCUT2D eigenvalue weighted by molar-refractivity contribution is 0.675. The normalized spacial score (nSPS) is 11.2. The predicted molar refractivity (Wildman–Crippen MR) is 103 cm³/mol. The van der Waals surface area contributed by atoms with E-state index in [4.69, 9.17) is 0 Å². The molecule has 0 fully saturated rings. The Morgan fingerprint density at radius 3 is 1.88 bits per heavy atom. The Kier molecular flexibility index (Phi) is 5.98. The monoisotopic (exact) mass is 327 g/mol. The molecule has 0 amide bonds. The molecule has 0 aromatic heterocycles. The maximum atomic E-state index is 12.3. The zero-order chi connectivity index (χ0) is 17.9. The van der Waals surface area contributed by atoms with Crippen molar-refractivity contribution in [2.24, 2.45) is 0 Å². The van der Waals surface area contributed by atoms with Crippen molar-refractivity contribution in [1.29, 1.82) is 0 Å². The molecule has 0 radical (unpaired) electrons. The molecule has 0 heterocycles. The molecule has 3 nitrogen and oxygen atoms in total. The molecule has 0 aliphatic heterocycles. The molecule has 3 heteroatoms. The minimum absolute atomic E-state index is 0.310. The van der Waals surface area contributed by atoms with E-state index < -0.39 is 0 Å². The summed E-state index contributed by atoms with van der Waals surface area (Å²) in [7, 11) is 0. The summed E-state index contributed by atoms with van der Waals surface area (Å²) in [5.41, 5.74) is 5.01. The first-order valence-corrected chi connectivity index (χ1v) is 9.08. The van der Waals surface area contributed by atoms with Crippen molar-refractivity contribution in [3.63, 3.8) is 0 Å². The molecule has 2 aromatic carbocycles. The van der Waals surface area contributed by atoms with Crippen LogP contribution in [0.15, 0.2) is 21.7 Å². The van der Waals surface area contributed by atoms with E-state index in [2.05, 4.69) is 44.7 Å². The standard InChI is InChI=1S/C21H29NO2/c1-6-8-10-22(11-9-7-2)19-18(20(23)21(19)24)17-13-15(4)14(3)12-16(17)5/h12-13H,6-11H2,1-5H3. The molecule has 0 saturated heterocycles. The first-order valence-electron chi connectivity index (χ1n) is 9.08. The van der Waals surface area contributed by atoms with Gasteiger partial charge in [0.15, 0.2) is 0 Å². The van der Waals surface area contributed by atoms with Crippen LogP contribution in [0.1, 0.15) is 56.2 Å². The number of benzene rings is 1. The van der Waals surface area contributed by atoms with Gasteiger partial charge >= 0.3 is 0 Å². The zero-order valence-electron chi connectivity index (χ0n) is 15.7. The highest BCUT2D eigenvalue weighted by atomic mass is 16.2. The fraction of sp³-hybridized carbons (Fsp3) is 0.524. The summed E-state index contributed by atoms with van der Waals surface area (Å²) >= 11 is 0. The Labute approximate surface area is 145 Å². The van der Waals surface area contributed by atoms with Gasteiger partial charge in [-0.15, -0.1) is 0 Å². The van der Waals surface area contributed by atoms with E-state index in [0.29, 0.717) is 11.3 Å². The van der Waals surface area contributed by atoms with Crippen molar-refractivity contribution < 1.29 is 0 Å². The summed E-state index contributed by atoms with van der Waals surface area (Å²) in [6.45, 7) is 12.1. The average molecular weight is 327 g/mol. The van der Waals surface area contributed by atoms with Gasteiger partial charge < -0.3 is 4.90 Å². The first kappa shape index (κ1) is 18.4. The van der Waals surface area contributed by atoms with Gasteiger partial charge in [-0.2, -0.15) is 0 Å². The van der Waals surface area contributed by atoms with Gasteiger partial charge in [-0.3, -0.25) is 9.59 Å². The van der Waals surface area contributed by atoms with E-state index in [-0.39, 0.29) is 10.9 Å². The largest absolute Gasteiger partial charge is 0.368 e. The highest BCUT2D eigenvalue weighted by Crippen LogP contribution is 2.31. The Bertz CT molecular complexity index is 774. The second kappa shape index (κ2) is 7.78. The van der Waals surface area contributed by atoms with Crippen LogP contribution in [0.5, 0.6) is 0 Å². The molecule has 0 unspecified atom stereocenters. The summed E-state index contributed by atoms with van der Waals surface area (Å²) in [4.78, 5) is 26.8. The second-order valence-corrected chi connectivity index (χ2v) is 6.83. The van der Waals surface area contributed by atoms with Crippen LogP contribution in [-0.4, -0.2) is 13.1 Å². The van der Waals surface area contributed by atoms with Crippen LogP contribution in [0.2, 0.25) is 0 Å². The third-order valence-corrected chi connectivity index (χ3v) is 4.87. The number of hydrogen-bond acceptors (Lipinski definition) is 3. The van der Waals surface area contributed by atoms with Gasteiger partial charge in [0.2, 0.25) is 10.9 Å². The molecule has 0 saturated carbocycles. The van der Waals surface area contributed by atoms with Gasteiger partial charge in [0.05, 0.1) is 5.56 Å². The van der Waals surface area contributed by atoms with Crippen LogP contribution in [0, 0.1) is 20.8 Å². The van der Waals surface area contributed by atoms with E-state index in [9.17, 15) is 9.59 Å².